The third-order valence-electron chi connectivity index (χ3n) is 3.90. The molecule has 6 heteroatoms. The van der Waals surface area contributed by atoms with Crippen molar-refractivity contribution in [2.75, 3.05) is 32.6 Å². The van der Waals surface area contributed by atoms with Gasteiger partial charge >= 0.3 is 0 Å². The van der Waals surface area contributed by atoms with E-state index in [1.807, 2.05) is 13.8 Å². The number of carbonyl (C=O) groups excluding carboxylic acids is 1. The average Bonchev–Trinajstić information content (AvgIpc) is 2.46. The number of carbonyl (C=O) groups is 1. The fraction of sp³-hybridized carbons (Fsp3) is 0.533. The molecule has 0 amide bonds. The lowest BCUT2D eigenvalue weighted by atomic mass is 9.91. The van der Waals surface area contributed by atoms with Crippen LogP contribution in [0.2, 0.25) is 0 Å². The van der Waals surface area contributed by atoms with Crippen LogP contribution >= 0.6 is 0 Å². The second-order valence-corrected chi connectivity index (χ2v) is 7.80. The maximum Gasteiger partial charge on any atom is 0.182 e. The van der Waals surface area contributed by atoms with Crippen LogP contribution in [0.25, 0.3) is 0 Å². The molecule has 0 aromatic heterocycles. The van der Waals surface area contributed by atoms with E-state index in [1.165, 1.54) is 12.1 Å². The third-order valence-corrected chi connectivity index (χ3v) is 5.03. The smallest absolute Gasteiger partial charge is 0.182 e. The van der Waals surface area contributed by atoms with Gasteiger partial charge in [-0.1, -0.05) is 12.1 Å². The Bertz CT molecular complexity index is 614. The highest BCUT2D eigenvalue weighted by Gasteiger charge is 2.35. The zero-order valence-electron chi connectivity index (χ0n) is 12.6. The lowest BCUT2D eigenvalue weighted by molar-refractivity contribution is -0.00430. The van der Waals surface area contributed by atoms with Crippen LogP contribution in [-0.4, -0.2) is 57.2 Å². The fourth-order valence-electron chi connectivity index (χ4n) is 2.47. The molecule has 1 heterocycles. The van der Waals surface area contributed by atoms with Crippen molar-refractivity contribution in [3.63, 3.8) is 0 Å². The quantitative estimate of drug-likeness (QED) is 0.786. The van der Waals surface area contributed by atoms with Gasteiger partial charge < -0.3 is 4.74 Å². The Morgan fingerprint density at radius 2 is 1.67 bits per heavy atom. The maximum absolute atomic E-state index is 12.7. The molecule has 1 aliphatic heterocycles. The Labute approximate surface area is 125 Å². The van der Waals surface area contributed by atoms with E-state index in [9.17, 15) is 13.2 Å². The van der Waals surface area contributed by atoms with Gasteiger partial charge in [-0.25, -0.2) is 8.42 Å². The highest BCUT2D eigenvalue weighted by Crippen LogP contribution is 2.22. The summed E-state index contributed by atoms with van der Waals surface area (Å²) in [5.41, 5.74) is -0.102. The highest BCUT2D eigenvalue weighted by molar-refractivity contribution is 7.90. The molecule has 0 spiro atoms. The van der Waals surface area contributed by atoms with E-state index >= 15 is 0 Å². The predicted molar refractivity (Wildman–Crippen MR) is 80.4 cm³/mol. The molecule has 5 nitrogen and oxygen atoms in total. The minimum Gasteiger partial charge on any atom is -0.379 e. The first-order valence-electron chi connectivity index (χ1n) is 6.90. The van der Waals surface area contributed by atoms with Crippen LogP contribution in [0.1, 0.15) is 24.2 Å². The van der Waals surface area contributed by atoms with Crippen LogP contribution in [0.3, 0.4) is 0 Å². The van der Waals surface area contributed by atoms with Gasteiger partial charge in [0.05, 0.1) is 23.6 Å². The normalized spacial score (nSPS) is 17.7. The average molecular weight is 311 g/mol. The summed E-state index contributed by atoms with van der Waals surface area (Å²) in [6, 6.07) is 6.14. The van der Waals surface area contributed by atoms with Crippen LogP contribution < -0.4 is 0 Å². The number of rotatable bonds is 4. The zero-order chi connectivity index (χ0) is 15.7. The van der Waals surface area contributed by atoms with E-state index in [-0.39, 0.29) is 10.7 Å². The lowest BCUT2D eigenvalue weighted by Gasteiger charge is -2.39. The molecule has 0 N–H and O–H groups in total. The minimum atomic E-state index is -3.24. The highest BCUT2D eigenvalue weighted by atomic mass is 32.2. The third kappa shape index (κ3) is 3.51. The van der Waals surface area contributed by atoms with Gasteiger partial charge in [0.1, 0.15) is 0 Å². The molecule has 0 aliphatic carbocycles. The molecule has 21 heavy (non-hydrogen) atoms. The van der Waals surface area contributed by atoms with Crippen molar-refractivity contribution in [2.24, 2.45) is 0 Å². The van der Waals surface area contributed by atoms with Crippen LogP contribution in [0.15, 0.2) is 29.2 Å². The van der Waals surface area contributed by atoms with E-state index < -0.39 is 15.4 Å². The molecule has 0 unspecified atom stereocenters. The molecule has 0 saturated carbocycles. The Morgan fingerprint density at radius 1 is 1.14 bits per heavy atom. The van der Waals surface area contributed by atoms with E-state index in [2.05, 4.69) is 4.90 Å². The molecule has 1 aromatic carbocycles. The summed E-state index contributed by atoms with van der Waals surface area (Å²) in [7, 11) is -3.24. The van der Waals surface area contributed by atoms with Crippen LogP contribution in [0.4, 0.5) is 0 Å². The van der Waals surface area contributed by atoms with Crippen molar-refractivity contribution in [3.8, 4) is 0 Å². The number of hydrogen-bond donors (Lipinski definition) is 0. The summed E-state index contributed by atoms with van der Waals surface area (Å²) in [6.45, 7) is 6.49. The van der Waals surface area contributed by atoms with Gasteiger partial charge in [-0.15, -0.1) is 0 Å². The van der Waals surface area contributed by atoms with E-state index in [4.69, 9.17) is 4.74 Å². The van der Waals surface area contributed by atoms with E-state index in [0.29, 0.717) is 18.8 Å². The van der Waals surface area contributed by atoms with Gasteiger partial charge in [-0.3, -0.25) is 9.69 Å². The molecule has 1 saturated heterocycles. The molecule has 0 bridgehead atoms. The van der Waals surface area contributed by atoms with Gasteiger partial charge in [0.2, 0.25) is 0 Å². The minimum absolute atomic E-state index is 0.00977. The number of benzene rings is 1. The number of ketones is 1. The Morgan fingerprint density at radius 3 is 2.14 bits per heavy atom. The van der Waals surface area contributed by atoms with Crippen molar-refractivity contribution in [1.82, 2.24) is 4.90 Å². The molecule has 0 atom stereocenters. The van der Waals surface area contributed by atoms with Gasteiger partial charge in [0.25, 0.3) is 0 Å². The van der Waals surface area contributed by atoms with Crippen LogP contribution in [-0.2, 0) is 14.6 Å². The summed E-state index contributed by atoms with van der Waals surface area (Å²) >= 11 is 0. The second kappa shape index (κ2) is 5.87. The van der Waals surface area contributed by atoms with Gasteiger partial charge in [0, 0.05) is 24.9 Å². The summed E-state index contributed by atoms with van der Waals surface area (Å²) in [5, 5.41) is 0. The topological polar surface area (TPSA) is 63.7 Å². The number of sulfone groups is 1. The Kier molecular flexibility index (Phi) is 4.51. The molecule has 2 rings (SSSR count). The first kappa shape index (κ1) is 16.1. The van der Waals surface area contributed by atoms with Crippen molar-refractivity contribution in [1.29, 1.82) is 0 Å². The largest absolute Gasteiger partial charge is 0.379 e. The number of hydrogen-bond acceptors (Lipinski definition) is 5. The summed E-state index contributed by atoms with van der Waals surface area (Å²) in [6.07, 6.45) is 1.15. The number of nitrogens with zero attached hydrogens (tertiary/aromatic N) is 1. The van der Waals surface area contributed by atoms with Gasteiger partial charge in [-0.05, 0) is 26.0 Å². The maximum atomic E-state index is 12.7. The number of morpholine rings is 1. The molecule has 116 valence electrons. The van der Waals surface area contributed by atoms with Crippen LogP contribution in [0.5, 0.6) is 0 Å². The summed E-state index contributed by atoms with van der Waals surface area (Å²) in [4.78, 5) is 15.0. The monoisotopic (exact) mass is 311 g/mol. The SMILES string of the molecule is CC(C)(C(=O)c1ccc(S(C)(=O)=O)cc1)N1CCOCC1. The lowest BCUT2D eigenvalue weighted by Crippen LogP contribution is -2.54. The molecular weight excluding hydrogens is 290 g/mol. The van der Waals surface area contributed by atoms with Crippen molar-refractivity contribution < 1.29 is 17.9 Å². The molecule has 1 aliphatic rings. The molecule has 1 aromatic rings. The van der Waals surface area contributed by atoms with Gasteiger partial charge in [0.15, 0.2) is 15.6 Å². The van der Waals surface area contributed by atoms with E-state index in [0.717, 1.165) is 19.3 Å². The number of ether oxygens (including phenoxy) is 1. The summed E-state index contributed by atoms with van der Waals surface area (Å²) in [5.74, 6) is -0.00977. The standard InChI is InChI=1S/C15H21NO4S/c1-15(2,16-8-10-20-11-9-16)14(17)12-4-6-13(7-5-12)21(3,18)19/h4-7H,8-11H2,1-3H3. The van der Waals surface area contributed by atoms with Crippen molar-refractivity contribution in [3.05, 3.63) is 29.8 Å². The Hall–Kier alpha value is -1.24. The van der Waals surface area contributed by atoms with Crippen molar-refractivity contribution >= 4 is 15.6 Å². The van der Waals surface area contributed by atoms with Crippen molar-refractivity contribution in [2.45, 2.75) is 24.3 Å². The first-order valence-corrected chi connectivity index (χ1v) is 8.80. The second-order valence-electron chi connectivity index (χ2n) is 5.78. The first-order chi connectivity index (χ1) is 9.73. The molecule has 1 fully saturated rings. The summed E-state index contributed by atoms with van der Waals surface area (Å²) < 4.78 is 28.2. The molecular formula is C15H21NO4S. The van der Waals surface area contributed by atoms with E-state index in [1.54, 1.807) is 12.1 Å². The number of Topliss-reactive ketones (excluding diaryl/α,β-unsaturated/α-hetero) is 1. The fourth-order valence-corrected chi connectivity index (χ4v) is 3.10. The predicted octanol–water partition coefficient (Wildman–Crippen LogP) is 1.38. The molecule has 0 radical (unpaired) electrons. The van der Waals surface area contributed by atoms with Gasteiger partial charge in [-0.2, -0.15) is 0 Å². The Balaban J connectivity index is 2.22. The van der Waals surface area contributed by atoms with Crippen LogP contribution in [0, 0.1) is 0 Å². The zero-order valence-corrected chi connectivity index (χ0v) is 13.4.